The number of carbonyl (C=O) groups is 2. The standard InChI is InChI=1S/C61H67N9O17S4.4Na/c1-60(2)46-33-44(90(81,82)83)22-24-49(46)69(28-5-7-30-88(75,76)77)51(60)26-16-38-10-9-11-39(17-27-52-61(3,4)47-34-45(91(84,85)86)23-25-50(47)70(52)29-6-8-31-89(78,79)80)54(38)87-43-20-12-37(13-21-43)32-48(58(73)74)66-56(71)40-14-18-41(19-15-40)63-35-42-36-64-55-53(65-42)57(72)68-59(62)67-55;;;;/h12-27,33-34,36,48H,5-11,28-32,35H2,1-4H3,(H9-,62,63,64,66,67,68,71,72,73,74,75,76,77,78,79,80,81,82,83,84,85,86);;;;/q;4*+1/p-4/t48-;;;;/m0..../s1. The number of hydrogen-bond donors (Lipinski definition) is 4. The van der Waals surface area contributed by atoms with E-state index < -0.39 is 96.1 Å². The molecule has 0 saturated carbocycles. The van der Waals surface area contributed by atoms with E-state index in [1.807, 2.05) is 61.5 Å². The van der Waals surface area contributed by atoms with Crippen molar-refractivity contribution in [3.05, 3.63) is 176 Å². The molecular weight excluding hydrogens is 1350 g/mol. The Bertz CT molecular complexity index is 4610. The summed E-state index contributed by atoms with van der Waals surface area (Å²) in [5, 5.41) is 18.2. The third kappa shape index (κ3) is 20.4. The van der Waals surface area contributed by atoms with E-state index in [9.17, 15) is 71.4 Å². The molecule has 1 atom stereocenters. The molecule has 6 aromatic rings. The van der Waals surface area contributed by atoms with Crippen molar-refractivity contribution in [2.24, 2.45) is 0 Å². The average Bonchev–Trinajstić information content (AvgIpc) is 1.60. The summed E-state index contributed by atoms with van der Waals surface area (Å²) in [6, 6.07) is 19.2. The van der Waals surface area contributed by atoms with Crippen LogP contribution < -0.4 is 155 Å². The van der Waals surface area contributed by atoms with Gasteiger partial charge in [-0.2, -0.15) is 9.56 Å². The number of nitrogens with two attached hydrogens (primary N) is 1. The number of allylic oxidation sites excluding steroid dienone is 7. The van der Waals surface area contributed by atoms with Crippen molar-refractivity contribution in [3.8, 4) is 5.75 Å². The molecule has 0 fully saturated rings. The van der Waals surface area contributed by atoms with Gasteiger partial charge in [0.25, 0.3) is 11.5 Å². The van der Waals surface area contributed by atoms with Gasteiger partial charge in [-0.1, -0.05) is 32.1 Å². The van der Waals surface area contributed by atoms with Gasteiger partial charge in [-0.3, -0.25) is 14.6 Å². The molecule has 2 aromatic heterocycles. The van der Waals surface area contributed by atoms with E-state index in [-0.39, 0.29) is 193 Å². The molecule has 26 nitrogen and oxygen atoms in total. The Hall–Kier alpha value is -4.49. The van der Waals surface area contributed by atoms with Crippen LogP contribution in [0.2, 0.25) is 0 Å². The first-order valence-corrected chi connectivity index (χ1v) is 34.6. The smallest absolute Gasteiger partial charge is 0.748 e. The maximum atomic E-state index is 13.5. The van der Waals surface area contributed by atoms with E-state index in [1.165, 1.54) is 54.7 Å². The first-order chi connectivity index (χ1) is 42.7. The fraction of sp³-hybridized carbons (Fsp3) is 0.328. The normalized spacial score (nSPS) is 16.3. The topological polar surface area (TPSA) is 423 Å². The van der Waals surface area contributed by atoms with Gasteiger partial charge < -0.3 is 54.1 Å². The van der Waals surface area contributed by atoms with Crippen molar-refractivity contribution < 1.29 is 194 Å². The number of aromatic amines is 1. The van der Waals surface area contributed by atoms with Crippen molar-refractivity contribution in [3.63, 3.8) is 0 Å². The van der Waals surface area contributed by atoms with Gasteiger partial charge in [-0.25, -0.2) is 43.6 Å². The summed E-state index contributed by atoms with van der Waals surface area (Å²) < 4.78 is 152. The third-order valence-corrected chi connectivity index (χ3v) is 19.2. The largest absolute Gasteiger partial charge is 1.00 e. The van der Waals surface area contributed by atoms with Crippen LogP contribution in [0.3, 0.4) is 0 Å². The second kappa shape index (κ2) is 33.1. The number of anilines is 3. The van der Waals surface area contributed by atoms with Gasteiger partial charge in [0.05, 0.1) is 65.9 Å². The van der Waals surface area contributed by atoms with Gasteiger partial charge in [-0.15, -0.1) is 0 Å². The number of amides is 1. The Kier molecular flexibility index (Phi) is 28.3. The van der Waals surface area contributed by atoms with Gasteiger partial charge in [0.15, 0.2) is 16.9 Å². The number of rotatable bonds is 25. The Morgan fingerprint density at radius 3 is 2.00 bits per heavy atom. The molecule has 4 heterocycles. The summed E-state index contributed by atoms with van der Waals surface area (Å²) >= 11 is 0. The summed E-state index contributed by atoms with van der Waals surface area (Å²) in [5.74, 6) is -2.88. The Morgan fingerprint density at radius 1 is 0.758 bits per heavy atom. The minimum Gasteiger partial charge on any atom is -0.748 e. The predicted molar refractivity (Wildman–Crippen MR) is 329 cm³/mol. The zero-order chi connectivity index (χ0) is 66.0. The molecule has 0 unspecified atom stereocenters. The molecule has 9 rings (SSSR count). The van der Waals surface area contributed by atoms with E-state index in [0.717, 1.165) is 0 Å². The van der Waals surface area contributed by atoms with Gasteiger partial charge in [0.2, 0.25) is 11.6 Å². The van der Waals surface area contributed by atoms with E-state index >= 15 is 0 Å². The molecule has 0 spiro atoms. The number of carboxylic acids is 1. The van der Waals surface area contributed by atoms with Crippen molar-refractivity contribution >= 4 is 92.2 Å². The number of carbonyl (C=O) groups excluding carboxylic acids is 2. The summed E-state index contributed by atoms with van der Waals surface area (Å²) in [6.45, 7) is 7.90. The Labute approximate surface area is 639 Å². The first kappa shape index (κ1) is 81.2. The number of hydrogen-bond acceptors (Lipinski definition) is 23. The number of carboxylic acid groups (broad SMARTS) is 1. The van der Waals surface area contributed by atoms with Crippen LogP contribution in [0.15, 0.2) is 153 Å². The van der Waals surface area contributed by atoms with Crippen LogP contribution in [0.25, 0.3) is 11.2 Å². The molecule has 0 bridgehead atoms. The molecule has 4 aromatic carbocycles. The van der Waals surface area contributed by atoms with Crippen LogP contribution in [-0.4, -0.2) is 125 Å². The fourth-order valence-electron chi connectivity index (χ4n) is 11.4. The number of nitrogens with one attached hydrogen (secondary N) is 3. The van der Waals surface area contributed by atoms with Crippen molar-refractivity contribution in [1.82, 2.24) is 25.3 Å². The predicted octanol–water partition coefficient (Wildman–Crippen LogP) is -7.47. The number of aliphatic carboxylic acids is 1. The summed E-state index contributed by atoms with van der Waals surface area (Å²) in [4.78, 5) is 54.1. The molecule has 2 aliphatic heterocycles. The van der Waals surface area contributed by atoms with E-state index in [2.05, 4.69) is 30.6 Å². The number of aromatic nitrogens is 4. The maximum absolute atomic E-state index is 13.5. The van der Waals surface area contributed by atoms with Gasteiger partial charge in [-0.05, 0) is 160 Å². The Balaban J connectivity index is 0.00000408. The van der Waals surface area contributed by atoms with Crippen molar-refractivity contribution in [1.29, 1.82) is 0 Å². The number of nitrogens with zero attached hydrogens (tertiary/aromatic N) is 5. The number of unbranched alkanes of at least 4 members (excludes halogenated alkanes) is 2. The summed E-state index contributed by atoms with van der Waals surface area (Å²) in [6.07, 6.45) is 10.6. The van der Waals surface area contributed by atoms with Gasteiger partial charge in [0.1, 0.15) is 38.3 Å². The van der Waals surface area contributed by atoms with E-state index in [0.29, 0.717) is 92.8 Å². The Morgan fingerprint density at radius 2 is 1.38 bits per heavy atom. The van der Waals surface area contributed by atoms with Crippen LogP contribution in [0, 0.1) is 0 Å². The minimum absolute atomic E-state index is 0. The third-order valence-electron chi connectivity index (χ3n) is 16.0. The number of ether oxygens (including phenoxy) is 1. The minimum atomic E-state index is -4.88. The van der Waals surface area contributed by atoms with Crippen LogP contribution >= 0.6 is 0 Å². The van der Waals surface area contributed by atoms with E-state index in [1.54, 1.807) is 36.4 Å². The number of benzene rings is 4. The fourth-order valence-corrected chi connectivity index (χ4v) is 13.5. The van der Waals surface area contributed by atoms with Gasteiger partial charge in [0, 0.05) is 70.2 Å². The van der Waals surface area contributed by atoms with Crippen molar-refractivity contribution in [2.75, 3.05) is 40.5 Å². The van der Waals surface area contributed by atoms with Gasteiger partial charge >= 0.3 is 118 Å². The van der Waals surface area contributed by atoms with Crippen LogP contribution in [0.1, 0.15) is 105 Å². The van der Waals surface area contributed by atoms with Crippen LogP contribution in [-0.2, 0) is 69.1 Å². The average molecular weight is 1410 g/mol. The summed E-state index contributed by atoms with van der Waals surface area (Å²) in [5.41, 5.74) is 9.52. The molecule has 0 saturated heterocycles. The molecule has 1 amide bonds. The SMILES string of the molecule is CC1(C)C(/C=C/C2=C(Oc3ccc(C[C@H](NC(=O)c4ccc(NCc5cnc6nc(N)[nH]c(=O)c6n5)cc4)C(=O)[O-])cc3)C(=C/C=C3\N(CCCCS(=O)(=O)[O-])c4ccc(S(=O)(=O)[O-])cc4C3(C)C)/CCC2)=[N+](CCCCS(=O)(=O)[O-])c2ccc(S(=O)(=O)[O-])cc21.[Na+].[Na+].[Na+].[Na+]. The van der Waals surface area contributed by atoms with Crippen LogP contribution in [0.4, 0.5) is 23.0 Å². The number of fused-ring (bicyclic) bond motifs is 3. The molecule has 0 radical (unpaired) electrons. The monoisotopic (exact) mass is 1410 g/mol. The number of H-pyrrole nitrogens is 1. The molecule has 95 heavy (non-hydrogen) atoms. The molecule has 1 aliphatic carbocycles. The van der Waals surface area contributed by atoms with Crippen molar-refractivity contribution in [2.45, 2.75) is 112 Å². The van der Waals surface area contributed by atoms with Crippen LogP contribution in [0.5, 0.6) is 5.75 Å². The second-order valence-electron chi connectivity index (χ2n) is 23.1. The molecule has 3 aliphatic rings. The molecule has 482 valence electrons. The second-order valence-corrected chi connectivity index (χ2v) is 28.9. The zero-order valence-corrected chi connectivity index (χ0v) is 64.9. The maximum Gasteiger partial charge on any atom is 1.00 e. The summed E-state index contributed by atoms with van der Waals surface area (Å²) in [7, 11) is -18.8. The molecular formula is C61H63N9Na4O17S4. The van der Waals surface area contributed by atoms with E-state index in [4.69, 9.17) is 10.5 Å². The zero-order valence-electron chi connectivity index (χ0n) is 53.6. The molecule has 34 heteroatoms. The first-order valence-electron chi connectivity index (χ1n) is 28.6. The molecule has 5 N–H and O–H groups in total. The quantitative estimate of drug-likeness (QED) is 0.0179. The number of nitrogen functional groups attached to an aromatic ring is 1.